The maximum Gasteiger partial charge on any atom is 0.411 e. The quantitative estimate of drug-likeness (QED) is 0.325. The van der Waals surface area contributed by atoms with E-state index >= 15 is 0 Å². The first-order valence-corrected chi connectivity index (χ1v) is 13.7. The van der Waals surface area contributed by atoms with E-state index in [1.807, 2.05) is 13.0 Å². The minimum absolute atomic E-state index is 0.130. The number of hydrogen-bond donors (Lipinski definition) is 1. The number of alkyl halides is 2. The van der Waals surface area contributed by atoms with Crippen LogP contribution >= 0.6 is 0 Å². The summed E-state index contributed by atoms with van der Waals surface area (Å²) in [5, 5.41) is 3.39. The predicted octanol–water partition coefficient (Wildman–Crippen LogP) is 2.98. The molecule has 0 unspecified atom stereocenters. The van der Waals surface area contributed by atoms with E-state index < -0.39 is 26.9 Å². The molecule has 2 aromatic carbocycles. The van der Waals surface area contributed by atoms with Crippen molar-refractivity contribution in [1.82, 2.24) is 10.2 Å². The third kappa shape index (κ3) is 6.55. The lowest BCUT2D eigenvalue weighted by molar-refractivity contribution is -0.451. The number of carbonyl (C=O) groups is 2. The zero-order chi connectivity index (χ0) is 26.7. The normalized spacial score (nSPS) is 17.9. The van der Waals surface area contributed by atoms with Crippen LogP contribution in [0.25, 0.3) is 0 Å². The number of aryl methyl sites for hydroxylation is 1. The van der Waals surface area contributed by atoms with E-state index in [1.54, 1.807) is 41.8 Å². The number of rotatable bonds is 8. The number of amides is 2. The second-order valence-electron chi connectivity index (χ2n) is 9.59. The molecule has 0 saturated heterocycles. The molecule has 2 aromatic rings. The summed E-state index contributed by atoms with van der Waals surface area (Å²) >= 11 is 0. The van der Waals surface area contributed by atoms with E-state index in [4.69, 9.17) is 4.43 Å². The summed E-state index contributed by atoms with van der Waals surface area (Å²) in [5.74, 6) is -3.01. The number of hydrogen-bond acceptors (Lipinski definition) is 4. The monoisotopic (exact) mass is 529 g/mol. The van der Waals surface area contributed by atoms with E-state index in [1.165, 1.54) is 12.1 Å². The SMILES string of the molecule is C=CC(=O)[N+]1=C(C)CN(C[Si](Oc2ccc(C(=O)NC3CC(F)(F)C3)cc2)c2ccc(C)c(F)c2)CC1. The standard InChI is InChI=1S/C27H29F3N3O3Si/c1-4-25(34)33-12-11-32(16-19(33)3)17-37(23-10-5-18(2)24(28)13-23)36-22-8-6-20(7-9-22)26(35)31-21-14-27(29,30)15-21/h4-10,13,21H,1,11-12,14-17H2,2-3H3/p+1. The molecule has 2 aliphatic rings. The Kier molecular flexibility index (Phi) is 7.98. The summed E-state index contributed by atoms with van der Waals surface area (Å²) in [6, 6.07) is 11.1. The fourth-order valence-corrected chi connectivity index (χ4v) is 6.48. The number of benzene rings is 2. The molecule has 0 aromatic heterocycles. The van der Waals surface area contributed by atoms with E-state index in [0.717, 1.165) is 10.9 Å². The summed E-state index contributed by atoms with van der Waals surface area (Å²) in [6.07, 6.45) is 1.17. The van der Waals surface area contributed by atoms with Gasteiger partial charge in [0.25, 0.3) is 11.8 Å². The Bertz CT molecular complexity index is 1230. The van der Waals surface area contributed by atoms with Crippen LogP contribution < -0.4 is 14.9 Å². The minimum Gasteiger partial charge on any atom is -0.536 e. The van der Waals surface area contributed by atoms with Crippen molar-refractivity contribution in [2.75, 3.05) is 25.8 Å². The Balaban J connectivity index is 1.47. The maximum absolute atomic E-state index is 14.4. The third-order valence-corrected chi connectivity index (χ3v) is 8.81. The van der Waals surface area contributed by atoms with Crippen LogP contribution in [0.15, 0.2) is 55.1 Å². The lowest BCUT2D eigenvalue weighted by atomic mass is 9.88. The Labute approximate surface area is 216 Å². The molecule has 1 radical (unpaired) electrons. The molecule has 195 valence electrons. The van der Waals surface area contributed by atoms with Crippen molar-refractivity contribution >= 4 is 31.8 Å². The van der Waals surface area contributed by atoms with Crippen LogP contribution in [0.2, 0.25) is 0 Å². The van der Waals surface area contributed by atoms with Gasteiger partial charge in [-0.3, -0.25) is 9.69 Å². The molecular formula is C27H30F3N3O3Si+. The summed E-state index contributed by atoms with van der Waals surface area (Å²) in [6.45, 7) is 8.91. The van der Waals surface area contributed by atoms with Gasteiger partial charge in [-0.2, -0.15) is 4.58 Å². The summed E-state index contributed by atoms with van der Waals surface area (Å²) in [7, 11) is -1.77. The van der Waals surface area contributed by atoms with E-state index in [9.17, 15) is 22.8 Å². The van der Waals surface area contributed by atoms with Gasteiger partial charge in [-0.05, 0) is 48.0 Å². The summed E-state index contributed by atoms with van der Waals surface area (Å²) in [5.41, 5.74) is 1.81. The lowest BCUT2D eigenvalue weighted by Gasteiger charge is -2.35. The zero-order valence-electron chi connectivity index (χ0n) is 20.9. The second kappa shape index (κ2) is 11.0. The first-order chi connectivity index (χ1) is 17.5. The molecule has 2 amide bonds. The van der Waals surface area contributed by atoms with Crippen LogP contribution in [0, 0.1) is 12.7 Å². The number of halogens is 3. The smallest absolute Gasteiger partial charge is 0.411 e. The van der Waals surface area contributed by atoms with Gasteiger partial charge in [0, 0.05) is 43.6 Å². The highest BCUT2D eigenvalue weighted by atomic mass is 28.3. The number of nitrogens with one attached hydrogen (secondary N) is 1. The van der Waals surface area contributed by atoms with Gasteiger partial charge in [-0.15, -0.1) is 0 Å². The molecule has 0 spiro atoms. The van der Waals surface area contributed by atoms with Crippen molar-refractivity contribution < 1.29 is 31.8 Å². The van der Waals surface area contributed by atoms with Crippen molar-refractivity contribution in [3.8, 4) is 5.75 Å². The maximum atomic E-state index is 14.4. The first-order valence-electron chi connectivity index (χ1n) is 12.1. The van der Waals surface area contributed by atoms with E-state index in [0.29, 0.717) is 42.7 Å². The van der Waals surface area contributed by atoms with Crippen molar-refractivity contribution in [1.29, 1.82) is 0 Å². The van der Waals surface area contributed by atoms with Gasteiger partial charge in [-0.1, -0.05) is 18.7 Å². The molecule has 1 aliphatic carbocycles. The van der Waals surface area contributed by atoms with Gasteiger partial charge < -0.3 is 9.74 Å². The zero-order valence-corrected chi connectivity index (χ0v) is 21.9. The molecule has 4 rings (SSSR count). The van der Waals surface area contributed by atoms with Crippen LogP contribution in [0.5, 0.6) is 5.75 Å². The van der Waals surface area contributed by atoms with Crippen molar-refractivity contribution in [2.45, 2.75) is 38.7 Å². The Morgan fingerprint density at radius 1 is 1.22 bits per heavy atom. The average Bonchev–Trinajstić information content (AvgIpc) is 2.84. The van der Waals surface area contributed by atoms with Gasteiger partial charge in [-0.25, -0.2) is 18.0 Å². The fourth-order valence-electron chi connectivity index (χ4n) is 4.46. The highest BCUT2D eigenvalue weighted by molar-refractivity contribution is 6.68. The summed E-state index contributed by atoms with van der Waals surface area (Å²) in [4.78, 5) is 26.7. The largest absolute Gasteiger partial charge is 0.536 e. The Morgan fingerprint density at radius 3 is 2.51 bits per heavy atom. The molecule has 0 bridgehead atoms. The molecular weight excluding hydrogens is 499 g/mol. The lowest BCUT2D eigenvalue weighted by Crippen LogP contribution is -2.53. The molecule has 1 heterocycles. The van der Waals surface area contributed by atoms with Gasteiger partial charge in [0.15, 0.2) is 12.3 Å². The first kappa shape index (κ1) is 26.8. The molecule has 6 nitrogen and oxygen atoms in total. The number of carbonyl (C=O) groups excluding carboxylic acids is 2. The fraction of sp³-hybridized carbons (Fsp3) is 0.370. The third-order valence-electron chi connectivity index (χ3n) is 6.64. The molecule has 1 aliphatic heterocycles. The van der Waals surface area contributed by atoms with Crippen LogP contribution in [0.4, 0.5) is 13.2 Å². The van der Waals surface area contributed by atoms with Gasteiger partial charge in [0.05, 0.1) is 13.1 Å². The predicted molar refractivity (Wildman–Crippen MR) is 136 cm³/mol. The van der Waals surface area contributed by atoms with Gasteiger partial charge in [0.1, 0.15) is 11.6 Å². The van der Waals surface area contributed by atoms with E-state index in [2.05, 4.69) is 16.8 Å². The molecule has 37 heavy (non-hydrogen) atoms. The molecule has 1 N–H and O–H groups in total. The number of nitrogens with zero attached hydrogens (tertiary/aromatic N) is 2. The second-order valence-corrected chi connectivity index (χ2v) is 11.5. The van der Waals surface area contributed by atoms with Gasteiger partial charge >= 0.3 is 14.9 Å². The molecule has 10 heteroatoms. The van der Waals surface area contributed by atoms with Crippen LogP contribution in [-0.2, 0) is 4.79 Å². The molecule has 1 fully saturated rings. The highest BCUT2D eigenvalue weighted by Crippen LogP contribution is 2.37. The van der Waals surface area contributed by atoms with E-state index in [-0.39, 0.29) is 24.6 Å². The van der Waals surface area contributed by atoms with Crippen molar-refractivity contribution in [3.63, 3.8) is 0 Å². The van der Waals surface area contributed by atoms with Gasteiger partial charge in [0.2, 0.25) is 0 Å². The average molecular weight is 530 g/mol. The van der Waals surface area contributed by atoms with Crippen molar-refractivity contribution in [3.05, 3.63) is 72.1 Å². The Morgan fingerprint density at radius 2 is 1.92 bits per heavy atom. The van der Waals surface area contributed by atoms with Crippen LogP contribution in [0.3, 0.4) is 0 Å². The topological polar surface area (TPSA) is 61.6 Å². The van der Waals surface area contributed by atoms with Crippen molar-refractivity contribution in [2.24, 2.45) is 0 Å². The summed E-state index contributed by atoms with van der Waals surface area (Å²) < 4.78 is 48.6. The Hall–Kier alpha value is -3.24. The van der Waals surface area contributed by atoms with Crippen LogP contribution in [-0.4, -0.2) is 73.8 Å². The highest BCUT2D eigenvalue weighted by Gasteiger charge is 2.46. The van der Waals surface area contributed by atoms with Crippen LogP contribution in [0.1, 0.15) is 35.7 Å². The molecule has 0 atom stereocenters. The molecule has 1 saturated carbocycles. The minimum atomic E-state index is -2.70.